The van der Waals surface area contributed by atoms with Crippen molar-refractivity contribution in [2.75, 3.05) is 20.3 Å². The largest absolute Gasteiger partial charge is 0.373 e. The molecule has 0 spiro atoms. The number of halogens is 4. The third-order valence-corrected chi connectivity index (χ3v) is 2.35. The van der Waals surface area contributed by atoms with Gasteiger partial charge >= 0.3 is 12.3 Å². The van der Waals surface area contributed by atoms with Gasteiger partial charge in [0.15, 0.2) is 0 Å². The van der Waals surface area contributed by atoms with Crippen LogP contribution >= 0.6 is 0 Å². The first kappa shape index (κ1) is 14.8. The minimum atomic E-state index is -4.14. The molecule has 1 N–H and O–H groups in total. The van der Waals surface area contributed by atoms with Crippen LogP contribution in [0.5, 0.6) is 0 Å². The van der Waals surface area contributed by atoms with Gasteiger partial charge in [0.1, 0.15) is 6.61 Å². The van der Waals surface area contributed by atoms with Crippen LogP contribution in [0.15, 0.2) is 6.20 Å². The normalized spacial score (nSPS) is 14.2. The van der Waals surface area contributed by atoms with Crippen molar-refractivity contribution in [3.63, 3.8) is 0 Å². The fraction of sp³-hybridized carbons (Fsp3) is 0.778. The van der Waals surface area contributed by atoms with Crippen LogP contribution in [0.1, 0.15) is 11.7 Å². The van der Waals surface area contributed by atoms with Crippen LogP contribution in [-0.4, -0.2) is 47.6 Å². The van der Waals surface area contributed by atoms with Gasteiger partial charge < -0.3 is 10.1 Å². The fourth-order valence-corrected chi connectivity index (χ4v) is 1.31. The second-order valence-corrected chi connectivity index (χ2v) is 3.70. The van der Waals surface area contributed by atoms with E-state index in [-0.39, 0.29) is 6.61 Å². The molecule has 0 fully saturated rings. The summed E-state index contributed by atoms with van der Waals surface area (Å²) < 4.78 is 55.0. The molecule has 0 saturated carbocycles. The number of nitrogens with one attached hydrogen (secondary N) is 1. The van der Waals surface area contributed by atoms with Gasteiger partial charge in [0.05, 0.1) is 24.5 Å². The predicted molar refractivity (Wildman–Crippen MR) is 54.6 cm³/mol. The first-order chi connectivity index (χ1) is 8.38. The lowest BCUT2D eigenvalue weighted by Crippen LogP contribution is -2.34. The maximum Gasteiger partial charge on any atom is 0.330 e. The average Bonchev–Trinajstić information content (AvgIpc) is 2.71. The molecule has 5 nitrogen and oxygen atoms in total. The van der Waals surface area contributed by atoms with E-state index in [2.05, 4.69) is 20.4 Å². The highest BCUT2D eigenvalue weighted by Gasteiger charge is 2.41. The van der Waals surface area contributed by atoms with E-state index < -0.39 is 25.0 Å². The van der Waals surface area contributed by atoms with E-state index in [0.717, 1.165) is 0 Å². The quantitative estimate of drug-likeness (QED) is 0.751. The van der Waals surface area contributed by atoms with Crippen molar-refractivity contribution < 1.29 is 22.3 Å². The highest BCUT2D eigenvalue weighted by atomic mass is 19.3. The second kappa shape index (κ2) is 6.10. The minimum Gasteiger partial charge on any atom is -0.373 e. The van der Waals surface area contributed by atoms with Gasteiger partial charge in [-0.25, -0.2) is 8.78 Å². The van der Waals surface area contributed by atoms with Gasteiger partial charge in [0, 0.05) is 7.05 Å². The molecule has 0 aliphatic heterocycles. The lowest BCUT2D eigenvalue weighted by Gasteiger charge is -2.19. The lowest BCUT2D eigenvalue weighted by atomic mass is 10.2. The van der Waals surface area contributed by atoms with E-state index >= 15 is 0 Å². The van der Waals surface area contributed by atoms with Gasteiger partial charge in [-0.2, -0.15) is 8.78 Å². The van der Waals surface area contributed by atoms with Gasteiger partial charge in [-0.15, -0.1) is 5.10 Å². The summed E-state index contributed by atoms with van der Waals surface area (Å²) in [4.78, 5) is 0. The number of nitrogens with zero attached hydrogens (tertiary/aromatic N) is 3. The molecule has 1 aromatic rings. The third kappa shape index (κ3) is 3.64. The molecule has 0 amide bonds. The highest BCUT2D eigenvalue weighted by Crippen LogP contribution is 2.23. The first-order valence-corrected chi connectivity index (χ1v) is 5.14. The summed E-state index contributed by atoms with van der Waals surface area (Å²) in [6.45, 7) is -1.51. The maximum atomic E-state index is 12.6. The second-order valence-electron chi connectivity index (χ2n) is 3.70. The molecule has 0 saturated heterocycles. The van der Waals surface area contributed by atoms with Crippen molar-refractivity contribution in [3.8, 4) is 0 Å². The molecule has 18 heavy (non-hydrogen) atoms. The van der Waals surface area contributed by atoms with Crippen LogP contribution in [0.3, 0.4) is 0 Å². The molecular formula is C9H14F4N4O. The average molecular weight is 270 g/mol. The summed E-state index contributed by atoms with van der Waals surface area (Å²) in [6.07, 6.45) is -2.29. The lowest BCUT2D eigenvalue weighted by molar-refractivity contribution is -0.167. The van der Waals surface area contributed by atoms with E-state index in [4.69, 9.17) is 0 Å². The Kier molecular flexibility index (Phi) is 5.03. The number of ether oxygens (including phenoxy) is 1. The molecule has 1 heterocycles. The van der Waals surface area contributed by atoms with Crippen LogP contribution in [0.25, 0.3) is 0 Å². The van der Waals surface area contributed by atoms with Crippen LogP contribution in [0.4, 0.5) is 17.6 Å². The SMILES string of the molecule is CNC(COCC(F)(F)C(F)F)c1cnnn1C. The van der Waals surface area contributed by atoms with Gasteiger partial charge in [0.2, 0.25) is 0 Å². The molecule has 9 heteroatoms. The van der Waals surface area contributed by atoms with Crippen molar-refractivity contribution in [2.45, 2.75) is 18.4 Å². The van der Waals surface area contributed by atoms with Gasteiger partial charge in [-0.05, 0) is 7.05 Å². The van der Waals surface area contributed by atoms with Crippen molar-refractivity contribution in [2.24, 2.45) is 7.05 Å². The van der Waals surface area contributed by atoms with Crippen molar-refractivity contribution in [1.29, 1.82) is 0 Å². The zero-order valence-electron chi connectivity index (χ0n) is 9.91. The molecule has 0 radical (unpaired) electrons. The van der Waals surface area contributed by atoms with E-state index in [1.807, 2.05) is 0 Å². The zero-order chi connectivity index (χ0) is 13.8. The van der Waals surface area contributed by atoms with Gasteiger partial charge in [-0.3, -0.25) is 4.68 Å². The summed E-state index contributed by atoms with van der Waals surface area (Å²) in [5.74, 6) is -4.14. The number of aromatic nitrogens is 3. The summed E-state index contributed by atoms with van der Waals surface area (Å²) >= 11 is 0. The Morgan fingerprint density at radius 1 is 1.50 bits per heavy atom. The molecule has 0 bridgehead atoms. The third-order valence-electron chi connectivity index (χ3n) is 2.35. The molecule has 104 valence electrons. The van der Waals surface area contributed by atoms with Gasteiger partial charge in [-0.1, -0.05) is 5.21 Å². The van der Waals surface area contributed by atoms with E-state index in [1.54, 1.807) is 14.1 Å². The fourth-order valence-electron chi connectivity index (χ4n) is 1.31. The molecule has 1 rings (SSSR count). The van der Waals surface area contributed by atoms with Crippen molar-refractivity contribution >= 4 is 0 Å². The van der Waals surface area contributed by atoms with E-state index in [9.17, 15) is 17.6 Å². The maximum absolute atomic E-state index is 12.6. The summed E-state index contributed by atoms with van der Waals surface area (Å²) in [6, 6.07) is -0.446. The van der Waals surface area contributed by atoms with Crippen LogP contribution in [0, 0.1) is 0 Å². The van der Waals surface area contributed by atoms with Gasteiger partial charge in [0.25, 0.3) is 0 Å². The Labute approximate surface area is 101 Å². The summed E-state index contributed by atoms with van der Waals surface area (Å²) in [5.41, 5.74) is 0.609. The summed E-state index contributed by atoms with van der Waals surface area (Å²) in [7, 11) is 3.21. The Bertz CT molecular complexity index is 371. The number of hydrogen-bond donors (Lipinski definition) is 1. The Morgan fingerprint density at radius 3 is 2.61 bits per heavy atom. The van der Waals surface area contributed by atoms with E-state index in [1.165, 1.54) is 10.9 Å². The molecule has 0 aromatic carbocycles. The van der Waals surface area contributed by atoms with Crippen molar-refractivity contribution in [1.82, 2.24) is 20.3 Å². The van der Waals surface area contributed by atoms with Crippen LogP contribution in [-0.2, 0) is 11.8 Å². The smallest absolute Gasteiger partial charge is 0.330 e. The highest BCUT2D eigenvalue weighted by molar-refractivity contribution is 5.01. The zero-order valence-corrected chi connectivity index (χ0v) is 9.91. The molecular weight excluding hydrogens is 256 g/mol. The molecule has 0 aliphatic carbocycles. The number of hydrogen-bond acceptors (Lipinski definition) is 4. The number of likely N-dealkylation sites (N-methyl/N-ethyl adjacent to an activating group) is 1. The summed E-state index contributed by atoms with van der Waals surface area (Å²) in [5, 5.41) is 10.1. The predicted octanol–water partition coefficient (Wildman–Crippen LogP) is 0.993. The molecule has 1 unspecified atom stereocenters. The number of alkyl halides is 4. The molecule has 1 aromatic heterocycles. The Morgan fingerprint density at radius 2 is 2.17 bits per heavy atom. The molecule has 1 atom stereocenters. The Hall–Kier alpha value is -1.22. The monoisotopic (exact) mass is 270 g/mol. The minimum absolute atomic E-state index is 0.181. The number of aryl methyl sites for hydroxylation is 1. The standard InChI is InChI=1S/C9H14F4N4O/c1-14-6(7-3-15-16-17(7)2)4-18-5-9(12,13)8(10)11/h3,6,8,14H,4-5H2,1-2H3. The van der Waals surface area contributed by atoms with Crippen LogP contribution in [0.2, 0.25) is 0 Å². The van der Waals surface area contributed by atoms with Crippen LogP contribution < -0.4 is 5.32 Å². The topological polar surface area (TPSA) is 52.0 Å². The first-order valence-electron chi connectivity index (χ1n) is 5.14. The molecule has 0 aliphatic rings. The van der Waals surface area contributed by atoms with Crippen molar-refractivity contribution in [3.05, 3.63) is 11.9 Å². The van der Waals surface area contributed by atoms with E-state index in [0.29, 0.717) is 5.69 Å². The Balaban J connectivity index is 2.49. The number of rotatable bonds is 7.